The maximum atomic E-state index is 5.53. The van der Waals surface area contributed by atoms with E-state index in [9.17, 15) is 0 Å². The van der Waals surface area contributed by atoms with Crippen LogP contribution in [0.2, 0.25) is 0 Å². The minimum absolute atomic E-state index is 0.714. The van der Waals surface area contributed by atoms with Gasteiger partial charge in [0.15, 0.2) is 0 Å². The van der Waals surface area contributed by atoms with Crippen LogP contribution in [0.3, 0.4) is 0 Å². The highest BCUT2D eigenvalue weighted by Crippen LogP contribution is 2.24. The van der Waals surface area contributed by atoms with Crippen LogP contribution in [-0.4, -0.2) is 6.04 Å². The summed E-state index contributed by atoms with van der Waals surface area (Å²) in [5.41, 5.74) is 1.32. The SMILES string of the molecule is Cc1cc(CNC2CCC(C)CC2)c(C)o1. The third-order valence-corrected chi connectivity index (χ3v) is 3.74. The zero-order chi connectivity index (χ0) is 11.5. The standard InChI is InChI=1S/C14H23NO/c1-10-4-6-14(7-5-10)15-9-13-8-11(2)16-12(13)3/h8,10,14-15H,4-7,9H2,1-3H3. The van der Waals surface area contributed by atoms with Crippen molar-refractivity contribution in [3.63, 3.8) is 0 Å². The molecule has 1 aromatic heterocycles. The normalized spacial score (nSPS) is 25.9. The minimum Gasteiger partial charge on any atom is -0.466 e. The summed E-state index contributed by atoms with van der Waals surface area (Å²) in [6.45, 7) is 7.38. The Balaban J connectivity index is 1.81. The highest BCUT2D eigenvalue weighted by molar-refractivity contribution is 5.19. The fraction of sp³-hybridized carbons (Fsp3) is 0.714. The fourth-order valence-corrected chi connectivity index (χ4v) is 2.58. The van der Waals surface area contributed by atoms with E-state index in [0.29, 0.717) is 6.04 Å². The molecule has 0 radical (unpaired) electrons. The molecule has 1 fully saturated rings. The zero-order valence-electron chi connectivity index (χ0n) is 10.7. The molecule has 0 atom stereocenters. The van der Waals surface area contributed by atoms with Gasteiger partial charge in [0.2, 0.25) is 0 Å². The highest BCUT2D eigenvalue weighted by Gasteiger charge is 2.17. The number of hydrogen-bond donors (Lipinski definition) is 1. The molecule has 0 aromatic carbocycles. The number of hydrogen-bond acceptors (Lipinski definition) is 2. The van der Waals surface area contributed by atoms with Gasteiger partial charge in [-0.1, -0.05) is 6.92 Å². The molecule has 90 valence electrons. The van der Waals surface area contributed by atoms with Crippen molar-refractivity contribution >= 4 is 0 Å². The number of nitrogens with one attached hydrogen (secondary N) is 1. The van der Waals surface area contributed by atoms with Gasteiger partial charge in [0.25, 0.3) is 0 Å². The van der Waals surface area contributed by atoms with Crippen molar-refractivity contribution in [3.8, 4) is 0 Å². The Hall–Kier alpha value is -0.760. The number of aryl methyl sites for hydroxylation is 2. The van der Waals surface area contributed by atoms with E-state index in [-0.39, 0.29) is 0 Å². The molecule has 1 N–H and O–H groups in total. The van der Waals surface area contributed by atoms with Crippen molar-refractivity contribution in [3.05, 3.63) is 23.2 Å². The topological polar surface area (TPSA) is 25.2 Å². The summed E-state index contributed by atoms with van der Waals surface area (Å²) in [6.07, 6.45) is 5.41. The maximum absolute atomic E-state index is 5.53. The summed E-state index contributed by atoms with van der Waals surface area (Å²) in [5.74, 6) is 3.01. The number of rotatable bonds is 3. The molecule has 2 heteroatoms. The summed E-state index contributed by atoms with van der Waals surface area (Å²) >= 11 is 0. The predicted molar refractivity (Wildman–Crippen MR) is 66.4 cm³/mol. The fourth-order valence-electron chi connectivity index (χ4n) is 2.58. The van der Waals surface area contributed by atoms with E-state index in [0.717, 1.165) is 24.0 Å². The van der Waals surface area contributed by atoms with Gasteiger partial charge >= 0.3 is 0 Å². The van der Waals surface area contributed by atoms with Gasteiger partial charge in [0.1, 0.15) is 11.5 Å². The summed E-state index contributed by atoms with van der Waals surface area (Å²) in [7, 11) is 0. The smallest absolute Gasteiger partial charge is 0.105 e. The molecule has 0 bridgehead atoms. The van der Waals surface area contributed by atoms with Gasteiger partial charge in [-0.25, -0.2) is 0 Å². The lowest BCUT2D eigenvalue weighted by molar-refractivity contribution is 0.306. The molecule has 1 aliphatic rings. The monoisotopic (exact) mass is 221 g/mol. The zero-order valence-corrected chi connectivity index (χ0v) is 10.7. The molecule has 1 saturated carbocycles. The molecule has 1 heterocycles. The number of furan rings is 1. The molecular weight excluding hydrogens is 198 g/mol. The van der Waals surface area contributed by atoms with Crippen LogP contribution < -0.4 is 5.32 Å². The molecule has 1 aliphatic carbocycles. The first-order chi connectivity index (χ1) is 7.65. The van der Waals surface area contributed by atoms with Gasteiger partial charge in [-0.15, -0.1) is 0 Å². The largest absolute Gasteiger partial charge is 0.466 e. The van der Waals surface area contributed by atoms with Crippen molar-refractivity contribution in [1.29, 1.82) is 0 Å². The molecule has 2 nitrogen and oxygen atoms in total. The lowest BCUT2D eigenvalue weighted by atomic mass is 9.87. The first kappa shape index (κ1) is 11.7. The Bertz CT molecular complexity index is 335. The Labute approximate surface area is 98.4 Å². The van der Waals surface area contributed by atoms with Crippen molar-refractivity contribution in [2.45, 2.75) is 59.0 Å². The van der Waals surface area contributed by atoms with Crippen LogP contribution in [0.1, 0.15) is 49.7 Å². The molecular formula is C14H23NO. The second kappa shape index (κ2) is 5.05. The van der Waals surface area contributed by atoms with Crippen LogP contribution in [0.5, 0.6) is 0 Å². The van der Waals surface area contributed by atoms with E-state index in [4.69, 9.17) is 4.42 Å². The Morgan fingerprint density at radius 3 is 2.50 bits per heavy atom. The lowest BCUT2D eigenvalue weighted by Crippen LogP contribution is -2.32. The molecule has 1 aromatic rings. The third kappa shape index (κ3) is 2.88. The first-order valence-electron chi connectivity index (χ1n) is 6.44. The van der Waals surface area contributed by atoms with Gasteiger partial charge in [-0.05, 0) is 51.5 Å². The van der Waals surface area contributed by atoms with Crippen molar-refractivity contribution < 1.29 is 4.42 Å². The molecule has 0 saturated heterocycles. The van der Waals surface area contributed by atoms with Gasteiger partial charge in [-0.3, -0.25) is 0 Å². The summed E-state index contributed by atoms with van der Waals surface area (Å²) in [5, 5.41) is 3.65. The third-order valence-electron chi connectivity index (χ3n) is 3.74. The highest BCUT2D eigenvalue weighted by atomic mass is 16.3. The summed E-state index contributed by atoms with van der Waals surface area (Å²) in [6, 6.07) is 2.86. The average Bonchev–Trinajstić information content (AvgIpc) is 2.57. The summed E-state index contributed by atoms with van der Waals surface area (Å²) < 4.78 is 5.53. The molecule has 0 amide bonds. The lowest BCUT2D eigenvalue weighted by Gasteiger charge is -2.26. The molecule has 2 rings (SSSR count). The van der Waals surface area contributed by atoms with Gasteiger partial charge in [-0.2, -0.15) is 0 Å². The van der Waals surface area contributed by atoms with Crippen LogP contribution in [0, 0.1) is 19.8 Å². The second-order valence-corrected chi connectivity index (χ2v) is 5.28. The Kier molecular flexibility index (Phi) is 3.70. The van der Waals surface area contributed by atoms with Crippen molar-refractivity contribution in [2.24, 2.45) is 5.92 Å². The Morgan fingerprint density at radius 2 is 1.94 bits per heavy atom. The molecule has 16 heavy (non-hydrogen) atoms. The second-order valence-electron chi connectivity index (χ2n) is 5.28. The van der Waals surface area contributed by atoms with Gasteiger partial charge < -0.3 is 9.73 Å². The summed E-state index contributed by atoms with van der Waals surface area (Å²) in [4.78, 5) is 0. The van der Waals surface area contributed by atoms with E-state index in [1.165, 1.54) is 31.2 Å². The predicted octanol–water partition coefficient (Wildman–Crippen LogP) is 3.56. The first-order valence-corrected chi connectivity index (χ1v) is 6.44. The van der Waals surface area contributed by atoms with Crippen molar-refractivity contribution in [1.82, 2.24) is 5.32 Å². The van der Waals surface area contributed by atoms with Crippen LogP contribution in [-0.2, 0) is 6.54 Å². The van der Waals surface area contributed by atoms with Gasteiger partial charge in [0, 0.05) is 18.2 Å². The van der Waals surface area contributed by atoms with E-state index in [1.807, 2.05) is 13.8 Å². The average molecular weight is 221 g/mol. The molecule has 0 spiro atoms. The van der Waals surface area contributed by atoms with E-state index in [2.05, 4.69) is 18.3 Å². The van der Waals surface area contributed by atoms with E-state index < -0.39 is 0 Å². The van der Waals surface area contributed by atoms with E-state index >= 15 is 0 Å². The van der Waals surface area contributed by atoms with Crippen LogP contribution in [0.15, 0.2) is 10.5 Å². The Morgan fingerprint density at radius 1 is 1.25 bits per heavy atom. The molecule has 0 aliphatic heterocycles. The minimum atomic E-state index is 0.714. The van der Waals surface area contributed by atoms with Gasteiger partial charge in [0.05, 0.1) is 0 Å². The van der Waals surface area contributed by atoms with Crippen molar-refractivity contribution in [2.75, 3.05) is 0 Å². The maximum Gasteiger partial charge on any atom is 0.105 e. The quantitative estimate of drug-likeness (QED) is 0.844. The van der Waals surface area contributed by atoms with Crippen LogP contribution in [0.25, 0.3) is 0 Å². The van der Waals surface area contributed by atoms with Crippen LogP contribution in [0.4, 0.5) is 0 Å². The van der Waals surface area contributed by atoms with E-state index in [1.54, 1.807) is 0 Å². The molecule has 0 unspecified atom stereocenters. The van der Waals surface area contributed by atoms with Crippen LogP contribution >= 0.6 is 0 Å².